The number of hydrogen-bond donors (Lipinski definition) is 2. The first kappa shape index (κ1) is 20.6. The van der Waals surface area contributed by atoms with Crippen LogP contribution in [0.5, 0.6) is 5.75 Å². The highest BCUT2D eigenvalue weighted by atomic mass is 35.5. The van der Waals surface area contributed by atoms with E-state index >= 15 is 0 Å². The van der Waals surface area contributed by atoms with Crippen LogP contribution < -0.4 is 20.7 Å². The summed E-state index contributed by atoms with van der Waals surface area (Å²) in [4.78, 5) is 7.27. The Labute approximate surface area is 191 Å². The first-order valence-corrected chi connectivity index (χ1v) is 11.0. The van der Waals surface area contributed by atoms with E-state index in [2.05, 4.69) is 27.4 Å². The van der Waals surface area contributed by atoms with Crippen molar-refractivity contribution in [1.29, 1.82) is 0 Å². The summed E-state index contributed by atoms with van der Waals surface area (Å²) >= 11 is 6.21. The number of methoxy groups -OCH3 is 1. The Bertz CT molecular complexity index is 1300. The molecule has 0 aliphatic carbocycles. The van der Waals surface area contributed by atoms with Crippen LogP contribution in [0.1, 0.15) is 5.69 Å². The number of nitrogens with two attached hydrogens (primary N) is 1. The molecule has 4 aromatic rings. The van der Waals surface area contributed by atoms with Crippen molar-refractivity contribution < 1.29 is 4.74 Å². The molecular formula is C24H25ClN6O. The van der Waals surface area contributed by atoms with E-state index in [4.69, 9.17) is 27.1 Å². The number of piperazine rings is 1. The molecule has 3 heterocycles. The fourth-order valence-electron chi connectivity index (χ4n) is 4.35. The highest BCUT2D eigenvalue weighted by molar-refractivity contribution is 6.30. The van der Waals surface area contributed by atoms with Crippen molar-refractivity contribution in [2.24, 2.45) is 0 Å². The number of nitrogens with one attached hydrogen (secondary N) is 1. The van der Waals surface area contributed by atoms with Gasteiger partial charge in [0.2, 0.25) is 0 Å². The zero-order valence-electron chi connectivity index (χ0n) is 18.1. The molecule has 0 amide bonds. The summed E-state index contributed by atoms with van der Waals surface area (Å²) in [5.74, 6) is 1.30. The molecule has 0 saturated carbocycles. The van der Waals surface area contributed by atoms with Crippen LogP contribution in [-0.4, -0.2) is 47.9 Å². The second-order valence-corrected chi connectivity index (χ2v) is 8.32. The maximum atomic E-state index is 6.58. The van der Waals surface area contributed by atoms with Crippen molar-refractivity contribution in [3.8, 4) is 28.0 Å². The molecule has 164 valence electrons. The largest absolute Gasteiger partial charge is 0.496 e. The first-order valence-electron chi connectivity index (χ1n) is 10.6. The van der Waals surface area contributed by atoms with E-state index in [1.165, 1.54) is 0 Å². The van der Waals surface area contributed by atoms with Crippen LogP contribution in [0.15, 0.2) is 48.7 Å². The van der Waals surface area contributed by atoms with Gasteiger partial charge in [-0.2, -0.15) is 9.61 Å². The van der Waals surface area contributed by atoms with Crippen LogP contribution in [0.3, 0.4) is 0 Å². The Morgan fingerprint density at radius 3 is 2.66 bits per heavy atom. The van der Waals surface area contributed by atoms with Gasteiger partial charge in [0.05, 0.1) is 24.6 Å². The second kappa shape index (κ2) is 8.33. The monoisotopic (exact) mass is 448 g/mol. The number of nitrogens with zero attached hydrogens (tertiary/aromatic N) is 4. The molecule has 1 aliphatic heterocycles. The van der Waals surface area contributed by atoms with Gasteiger partial charge in [-0.15, -0.1) is 0 Å². The summed E-state index contributed by atoms with van der Waals surface area (Å²) in [6.45, 7) is 5.84. The van der Waals surface area contributed by atoms with Gasteiger partial charge in [-0.25, -0.2) is 4.98 Å². The number of fused-ring (bicyclic) bond motifs is 1. The minimum Gasteiger partial charge on any atom is -0.496 e. The van der Waals surface area contributed by atoms with Gasteiger partial charge in [-0.3, -0.25) is 0 Å². The third-order valence-electron chi connectivity index (χ3n) is 5.93. The van der Waals surface area contributed by atoms with Gasteiger partial charge in [0.1, 0.15) is 11.6 Å². The number of halogens is 1. The number of ether oxygens (including phenoxy) is 1. The Morgan fingerprint density at radius 2 is 1.91 bits per heavy atom. The maximum Gasteiger partial charge on any atom is 0.165 e. The molecule has 2 aromatic carbocycles. The molecule has 0 atom stereocenters. The van der Waals surface area contributed by atoms with Gasteiger partial charge >= 0.3 is 0 Å². The van der Waals surface area contributed by atoms with E-state index < -0.39 is 0 Å². The number of benzene rings is 2. The quantitative estimate of drug-likeness (QED) is 0.490. The van der Waals surface area contributed by atoms with Crippen LogP contribution in [0.4, 0.5) is 11.5 Å². The standard InChI is InChI=1S/C24H25ClN6O/c1-15-22(16-4-3-5-17(25)12-16)23(26)31-24(29-15)20(14-28-31)19-13-18(6-7-21(19)32-2)30-10-8-27-9-11-30/h3-7,12-14,27H,8-11,26H2,1-2H3. The van der Waals surface area contributed by atoms with Crippen molar-refractivity contribution in [3.05, 3.63) is 59.4 Å². The maximum absolute atomic E-state index is 6.58. The first-order chi connectivity index (χ1) is 15.6. The Kier molecular flexibility index (Phi) is 5.36. The topological polar surface area (TPSA) is 80.7 Å². The lowest BCUT2D eigenvalue weighted by atomic mass is 10.0. The van der Waals surface area contributed by atoms with Gasteiger partial charge < -0.3 is 20.7 Å². The van der Waals surface area contributed by atoms with Crippen LogP contribution >= 0.6 is 11.6 Å². The van der Waals surface area contributed by atoms with Crippen LogP contribution in [0.25, 0.3) is 27.9 Å². The summed E-state index contributed by atoms with van der Waals surface area (Å²) in [5, 5.41) is 8.63. The van der Waals surface area contributed by atoms with Gasteiger partial charge in [-0.1, -0.05) is 23.7 Å². The second-order valence-electron chi connectivity index (χ2n) is 7.88. The highest BCUT2D eigenvalue weighted by Crippen LogP contribution is 2.38. The van der Waals surface area contributed by atoms with E-state index in [9.17, 15) is 0 Å². The molecule has 7 nitrogen and oxygen atoms in total. The molecule has 0 unspecified atom stereocenters. The number of aryl methyl sites for hydroxylation is 1. The third-order valence-corrected chi connectivity index (χ3v) is 6.17. The molecule has 8 heteroatoms. The van der Waals surface area contributed by atoms with E-state index in [1.54, 1.807) is 17.8 Å². The molecule has 5 rings (SSSR count). The molecule has 32 heavy (non-hydrogen) atoms. The molecule has 0 bridgehead atoms. The minimum atomic E-state index is 0.526. The molecular weight excluding hydrogens is 424 g/mol. The van der Waals surface area contributed by atoms with Crippen molar-refractivity contribution >= 4 is 28.8 Å². The fourth-order valence-corrected chi connectivity index (χ4v) is 4.54. The molecule has 2 aromatic heterocycles. The molecule has 0 spiro atoms. The van der Waals surface area contributed by atoms with Crippen molar-refractivity contribution in [3.63, 3.8) is 0 Å². The number of hydrogen-bond acceptors (Lipinski definition) is 6. The molecule has 3 N–H and O–H groups in total. The van der Waals surface area contributed by atoms with Crippen molar-refractivity contribution in [2.45, 2.75) is 6.92 Å². The summed E-state index contributed by atoms with van der Waals surface area (Å²) in [5.41, 5.74) is 12.8. The Morgan fingerprint density at radius 1 is 1.09 bits per heavy atom. The average Bonchev–Trinajstić information content (AvgIpc) is 3.23. The lowest BCUT2D eigenvalue weighted by Crippen LogP contribution is -2.43. The summed E-state index contributed by atoms with van der Waals surface area (Å²) < 4.78 is 7.38. The summed E-state index contributed by atoms with van der Waals surface area (Å²) in [7, 11) is 1.68. The van der Waals surface area contributed by atoms with Crippen molar-refractivity contribution in [1.82, 2.24) is 19.9 Å². The Balaban J connectivity index is 1.66. The lowest BCUT2D eigenvalue weighted by molar-refractivity contribution is 0.416. The zero-order chi connectivity index (χ0) is 22.2. The normalized spacial score (nSPS) is 14.2. The van der Waals surface area contributed by atoms with E-state index in [0.29, 0.717) is 16.5 Å². The smallest absolute Gasteiger partial charge is 0.165 e. The summed E-state index contributed by atoms with van der Waals surface area (Å²) in [6, 6.07) is 13.9. The van der Waals surface area contributed by atoms with Gasteiger partial charge in [0.15, 0.2) is 5.65 Å². The number of anilines is 2. The minimum absolute atomic E-state index is 0.526. The van der Waals surface area contributed by atoms with E-state index in [0.717, 1.165) is 65.6 Å². The van der Waals surface area contributed by atoms with Crippen LogP contribution in [0.2, 0.25) is 5.02 Å². The molecule has 1 aliphatic rings. The van der Waals surface area contributed by atoms with Crippen molar-refractivity contribution in [2.75, 3.05) is 43.9 Å². The van der Waals surface area contributed by atoms with Gasteiger partial charge in [-0.05, 0) is 42.8 Å². The predicted octanol–water partition coefficient (Wildman–Crippen LogP) is 4.03. The number of rotatable bonds is 4. The van der Waals surface area contributed by atoms with E-state index in [1.807, 2.05) is 37.3 Å². The zero-order valence-corrected chi connectivity index (χ0v) is 18.9. The Hall–Kier alpha value is -3.29. The molecule has 1 fully saturated rings. The third kappa shape index (κ3) is 3.53. The lowest BCUT2D eigenvalue weighted by Gasteiger charge is -2.30. The molecule has 0 radical (unpaired) electrons. The van der Waals surface area contributed by atoms with Crippen LogP contribution in [-0.2, 0) is 0 Å². The molecule has 1 saturated heterocycles. The SMILES string of the molecule is COc1ccc(N2CCNCC2)cc1-c1cnn2c(N)c(-c3cccc(Cl)c3)c(C)nc12. The van der Waals surface area contributed by atoms with Gasteiger partial charge in [0.25, 0.3) is 0 Å². The van der Waals surface area contributed by atoms with E-state index in [-0.39, 0.29) is 0 Å². The number of aromatic nitrogens is 3. The average molecular weight is 449 g/mol. The highest BCUT2D eigenvalue weighted by Gasteiger charge is 2.20. The fraction of sp³-hybridized carbons (Fsp3) is 0.250. The van der Waals surface area contributed by atoms with Gasteiger partial charge in [0, 0.05) is 48.0 Å². The van der Waals surface area contributed by atoms with Crippen LogP contribution in [0, 0.1) is 6.92 Å². The predicted molar refractivity (Wildman–Crippen MR) is 130 cm³/mol. The summed E-state index contributed by atoms with van der Waals surface area (Å²) in [6.07, 6.45) is 1.80. The number of nitrogen functional groups attached to an aromatic ring is 1.